The van der Waals surface area contributed by atoms with Crippen LogP contribution in [0.5, 0.6) is 5.75 Å². The Bertz CT molecular complexity index is 304. The molecule has 1 aliphatic rings. The van der Waals surface area contributed by atoms with E-state index in [0.717, 1.165) is 12.3 Å². The first-order valence-corrected chi connectivity index (χ1v) is 5.41. The van der Waals surface area contributed by atoms with Crippen LogP contribution in [0.2, 0.25) is 0 Å². The first kappa shape index (κ1) is 10.3. The Labute approximate surface area is 91.0 Å². The van der Waals surface area contributed by atoms with Crippen LogP contribution in [-0.2, 0) is 0 Å². The fraction of sp³-hybridized carbons (Fsp3) is 0.500. The smallest absolute Gasteiger partial charge is 0.119 e. The molecule has 3 heteroatoms. The highest BCUT2D eigenvalue weighted by Crippen LogP contribution is 2.21. The molecule has 0 radical (unpaired) electrons. The number of hydrogen-bond acceptors (Lipinski definition) is 3. The van der Waals surface area contributed by atoms with E-state index in [9.17, 15) is 0 Å². The van der Waals surface area contributed by atoms with E-state index in [1.54, 1.807) is 7.11 Å². The van der Waals surface area contributed by atoms with E-state index in [2.05, 4.69) is 29.4 Å². The van der Waals surface area contributed by atoms with Crippen LogP contribution in [0, 0.1) is 0 Å². The quantitative estimate of drug-likeness (QED) is 0.816. The molecular weight excluding hydrogens is 188 g/mol. The molecule has 1 unspecified atom stereocenters. The Balaban J connectivity index is 2.07. The minimum absolute atomic E-state index is 0.485. The highest BCUT2D eigenvalue weighted by Gasteiger charge is 2.18. The maximum absolute atomic E-state index is 5.14. The standard InChI is InChI=1S/C12H18N2O/c1-14(12-4-3-9-13-12)10-5-7-11(15-2)8-6-10/h5-8,12-13H,3-4,9H2,1-2H3. The highest BCUT2D eigenvalue weighted by atomic mass is 16.5. The molecule has 3 nitrogen and oxygen atoms in total. The van der Waals surface area contributed by atoms with Crippen molar-refractivity contribution < 1.29 is 4.74 Å². The summed E-state index contributed by atoms with van der Waals surface area (Å²) in [6.07, 6.45) is 2.98. The molecule has 1 atom stereocenters. The number of hydrogen-bond donors (Lipinski definition) is 1. The average molecular weight is 206 g/mol. The summed E-state index contributed by atoms with van der Waals surface area (Å²) < 4.78 is 5.14. The number of ether oxygens (including phenoxy) is 1. The molecule has 0 spiro atoms. The lowest BCUT2D eigenvalue weighted by Crippen LogP contribution is -2.39. The van der Waals surface area contributed by atoms with Gasteiger partial charge in [0.1, 0.15) is 5.75 Å². The largest absolute Gasteiger partial charge is 0.497 e. The number of methoxy groups -OCH3 is 1. The van der Waals surface area contributed by atoms with E-state index in [-0.39, 0.29) is 0 Å². The second-order valence-electron chi connectivity index (χ2n) is 3.92. The summed E-state index contributed by atoms with van der Waals surface area (Å²) in [7, 11) is 3.82. The van der Waals surface area contributed by atoms with Gasteiger partial charge >= 0.3 is 0 Å². The Hall–Kier alpha value is -1.22. The molecule has 0 aliphatic carbocycles. The van der Waals surface area contributed by atoms with Gasteiger partial charge in [0.15, 0.2) is 0 Å². The zero-order valence-electron chi connectivity index (χ0n) is 9.36. The molecule has 1 aromatic carbocycles. The van der Waals surface area contributed by atoms with Crippen molar-refractivity contribution in [3.8, 4) is 5.75 Å². The monoisotopic (exact) mass is 206 g/mol. The topological polar surface area (TPSA) is 24.5 Å². The van der Waals surface area contributed by atoms with E-state index in [1.165, 1.54) is 18.5 Å². The predicted octanol–water partition coefficient (Wildman–Crippen LogP) is 1.84. The van der Waals surface area contributed by atoms with E-state index in [1.807, 2.05) is 12.1 Å². The Kier molecular flexibility index (Phi) is 3.11. The Morgan fingerprint density at radius 3 is 2.60 bits per heavy atom. The Morgan fingerprint density at radius 1 is 1.33 bits per heavy atom. The number of anilines is 1. The first-order valence-electron chi connectivity index (χ1n) is 5.41. The predicted molar refractivity (Wildman–Crippen MR) is 62.4 cm³/mol. The summed E-state index contributed by atoms with van der Waals surface area (Å²) in [6.45, 7) is 1.13. The summed E-state index contributed by atoms with van der Waals surface area (Å²) in [6, 6.07) is 8.19. The second-order valence-corrected chi connectivity index (χ2v) is 3.92. The molecule has 1 heterocycles. The van der Waals surface area contributed by atoms with Crippen LogP contribution in [0.1, 0.15) is 12.8 Å². The lowest BCUT2D eigenvalue weighted by molar-refractivity contribution is 0.414. The number of benzene rings is 1. The van der Waals surface area contributed by atoms with Gasteiger partial charge in [0, 0.05) is 12.7 Å². The summed E-state index contributed by atoms with van der Waals surface area (Å²) in [5.41, 5.74) is 1.23. The molecule has 82 valence electrons. The lowest BCUT2D eigenvalue weighted by Gasteiger charge is -2.26. The molecule has 15 heavy (non-hydrogen) atoms. The van der Waals surface area contributed by atoms with Crippen molar-refractivity contribution >= 4 is 5.69 Å². The van der Waals surface area contributed by atoms with Crippen LogP contribution < -0.4 is 15.0 Å². The van der Waals surface area contributed by atoms with Crippen LogP contribution in [0.4, 0.5) is 5.69 Å². The molecule has 0 aromatic heterocycles. The Morgan fingerprint density at radius 2 is 2.07 bits per heavy atom. The molecule has 1 N–H and O–H groups in total. The fourth-order valence-corrected chi connectivity index (χ4v) is 1.99. The third-order valence-corrected chi connectivity index (χ3v) is 2.98. The molecule has 0 saturated carbocycles. The van der Waals surface area contributed by atoms with Crippen molar-refractivity contribution in [2.24, 2.45) is 0 Å². The maximum atomic E-state index is 5.14. The lowest BCUT2D eigenvalue weighted by atomic mass is 10.2. The second kappa shape index (κ2) is 4.53. The highest BCUT2D eigenvalue weighted by molar-refractivity contribution is 5.49. The van der Waals surface area contributed by atoms with Crippen LogP contribution in [0.15, 0.2) is 24.3 Å². The molecule has 1 saturated heterocycles. The van der Waals surface area contributed by atoms with Crippen molar-refractivity contribution in [1.29, 1.82) is 0 Å². The zero-order chi connectivity index (χ0) is 10.7. The van der Waals surface area contributed by atoms with Crippen molar-refractivity contribution in [3.05, 3.63) is 24.3 Å². The fourth-order valence-electron chi connectivity index (χ4n) is 1.99. The van der Waals surface area contributed by atoms with Gasteiger partial charge in [-0.05, 0) is 43.7 Å². The minimum Gasteiger partial charge on any atom is -0.497 e. The van der Waals surface area contributed by atoms with Gasteiger partial charge in [-0.25, -0.2) is 0 Å². The van der Waals surface area contributed by atoms with Gasteiger partial charge in [-0.1, -0.05) is 0 Å². The van der Waals surface area contributed by atoms with Gasteiger partial charge in [-0.2, -0.15) is 0 Å². The molecule has 1 fully saturated rings. The molecule has 0 bridgehead atoms. The van der Waals surface area contributed by atoms with Crippen molar-refractivity contribution in [3.63, 3.8) is 0 Å². The summed E-state index contributed by atoms with van der Waals surface area (Å²) in [4.78, 5) is 2.28. The van der Waals surface area contributed by atoms with Gasteiger partial charge < -0.3 is 9.64 Å². The van der Waals surface area contributed by atoms with Crippen molar-refractivity contribution in [2.75, 3.05) is 25.6 Å². The summed E-state index contributed by atoms with van der Waals surface area (Å²) in [5.74, 6) is 0.909. The first-order chi connectivity index (χ1) is 7.31. The van der Waals surface area contributed by atoms with Crippen LogP contribution in [0.25, 0.3) is 0 Å². The van der Waals surface area contributed by atoms with Crippen molar-refractivity contribution in [1.82, 2.24) is 5.32 Å². The van der Waals surface area contributed by atoms with Gasteiger partial charge in [0.25, 0.3) is 0 Å². The minimum atomic E-state index is 0.485. The summed E-state index contributed by atoms with van der Waals surface area (Å²) >= 11 is 0. The molecule has 1 aliphatic heterocycles. The van der Waals surface area contributed by atoms with Gasteiger partial charge in [0.2, 0.25) is 0 Å². The van der Waals surface area contributed by atoms with E-state index >= 15 is 0 Å². The third-order valence-electron chi connectivity index (χ3n) is 2.98. The zero-order valence-corrected chi connectivity index (χ0v) is 9.36. The third kappa shape index (κ3) is 2.23. The van der Waals surface area contributed by atoms with E-state index in [0.29, 0.717) is 6.17 Å². The normalized spacial score (nSPS) is 20.3. The number of nitrogens with one attached hydrogen (secondary N) is 1. The number of rotatable bonds is 3. The summed E-state index contributed by atoms with van der Waals surface area (Å²) in [5, 5.41) is 3.48. The van der Waals surface area contributed by atoms with Crippen LogP contribution in [-0.4, -0.2) is 26.9 Å². The van der Waals surface area contributed by atoms with Gasteiger partial charge in [-0.3, -0.25) is 5.32 Å². The molecule has 1 aromatic rings. The average Bonchev–Trinajstić information content (AvgIpc) is 2.82. The van der Waals surface area contributed by atoms with Gasteiger partial charge in [-0.15, -0.1) is 0 Å². The molecule has 2 rings (SSSR count). The van der Waals surface area contributed by atoms with Crippen LogP contribution >= 0.6 is 0 Å². The molecule has 0 amide bonds. The van der Waals surface area contributed by atoms with E-state index in [4.69, 9.17) is 4.74 Å². The molecular formula is C12H18N2O. The van der Waals surface area contributed by atoms with Crippen LogP contribution in [0.3, 0.4) is 0 Å². The van der Waals surface area contributed by atoms with Crippen molar-refractivity contribution in [2.45, 2.75) is 19.0 Å². The SMILES string of the molecule is COc1ccc(N(C)C2CCCN2)cc1. The maximum Gasteiger partial charge on any atom is 0.119 e. The van der Waals surface area contributed by atoms with E-state index < -0.39 is 0 Å². The number of nitrogens with zero attached hydrogens (tertiary/aromatic N) is 1. The van der Waals surface area contributed by atoms with Gasteiger partial charge in [0.05, 0.1) is 13.3 Å².